The molecule has 0 bridgehead atoms. The fourth-order valence-electron chi connectivity index (χ4n) is 3.28. The zero-order valence-corrected chi connectivity index (χ0v) is 18.7. The van der Waals surface area contributed by atoms with Crippen molar-refractivity contribution in [1.29, 1.82) is 0 Å². The lowest BCUT2D eigenvalue weighted by Crippen LogP contribution is -2.39. The van der Waals surface area contributed by atoms with Crippen LogP contribution in [-0.4, -0.2) is 44.9 Å². The number of guanidine groups is 1. The van der Waals surface area contributed by atoms with E-state index in [0.29, 0.717) is 30.4 Å². The van der Waals surface area contributed by atoms with Gasteiger partial charge < -0.3 is 10.6 Å². The van der Waals surface area contributed by atoms with Crippen LogP contribution in [0, 0.1) is 0 Å². The molecule has 2 heterocycles. The molecule has 1 aromatic heterocycles. The van der Waals surface area contributed by atoms with Crippen LogP contribution in [-0.2, 0) is 16.6 Å². The molecule has 3 rings (SSSR count). The highest BCUT2D eigenvalue weighted by Gasteiger charge is 2.26. The molecule has 1 fully saturated rings. The Kier molecular flexibility index (Phi) is 7.69. The van der Waals surface area contributed by atoms with E-state index in [0.717, 1.165) is 37.5 Å². The minimum absolute atomic E-state index is 0.363. The molecule has 8 heteroatoms. The third-order valence-corrected chi connectivity index (χ3v) is 8.01. The second-order valence-electron chi connectivity index (χ2n) is 7.25. The second kappa shape index (κ2) is 10.2. The first-order chi connectivity index (χ1) is 14.0. The van der Waals surface area contributed by atoms with Gasteiger partial charge in [-0.15, -0.1) is 11.3 Å². The maximum atomic E-state index is 12.6. The Balaban J connectivity index is 1.60. The fourth-order valence-corrected chi connectivity index (χ4v) is 5.58. The van der Waals surface area contributed by atoms with E-state index < -0.39 is 10.0 Å². The van der Waals surface area contributed by atoms with Crippen LogP contribution in [0.5, 0.6) is 0 Å². The normalized spacial score (nSPS) is 16.7. The molecule has 1 aromatic carbocycles. The molecule has 2 N–H and O–H groups in total. The van der Waals surface area contributed by atoms with Gasteiger partial charge in [-0.1, -0.05) is 25.1 Å². The van der Waals surface area contributed by atoms with Crippen molar-refractivity contribution in [3.05, 3.63) is 52.2 Å². The highest BCUT2D eigenvalue weighted by atomic mass is 32.2. The summed E-state index contributed by atoms with van der Waals surface area (Å²) in [4.78, 5) is 6.36. The Hall–Kier alpha value is -1.90. The summed E-state index contributed by atoms with van der Waals surface area (Å²) in [5.41, 5.74) is 0.980. The quantitative estimate of drug-likeness (QED) is 0.493. The Morgan fingerprint density at radius 1 is 1.17 bits per heavy atom. The Morgan fingerprint density at radius 3 is 2.52 bits per heavy atom. The van der Waals surface area contributed by atoms with Crippen LogP contribution in [0.4, 0.5) is 0 Å². The Morgan fingerprint density at radius 2 is 1.90 bits per heavy atom. The summed E-state index contributed by atoms with van der Waals surface area (Å²) in [5.74, 6) is 1.18. The molecule has 0 amide bonds. The van der Waals surface area contributed by atoms with Crippen LogP contribution in [0.2, 0.25) is 0 Å². The van der Waals surface area contributed by atoms with Gasteiger partial charge in [0.2, 0.25) is 10.0 Å². The van der Waals surface area contributed by atoms with Crippen LogP contribution in [0.3, 0.4) is 0 Å². The van der Waals surface area contributed by atoms with E-state index in [1.54, 1.807) is 27.8 Å². The van der Waals surface area contributed by atoms with E-state index >= 15 is 0 Å². The van der Waals surface area contributed by atoms with Crippen molar-refractivity contribution in [1.82, 2.24) is 14.9 Å². The van der Waals surface area contributed by atoms with Crippen LogP contribution in [0.1, 0.15) is 43.0 Å². The van der Waals surface area contributed by atoms with Gasteiger partial charge >= 0.3 is 0 Å². The Bertz CT molecular complexity index is 887. The average molecular weight is 435 g/mol. The lowest BCUT2D eigenvalue weighted by molar-refractivity contribution is 0.477. The highest BCUT2D eigenvalue weighted by Crippen LogP contribution is 2.21. The number of rotatable bonds is 8. The minimum Gasteiger partial charge on any atom is -0.357 e. The number of benzene rings is 1. The molecule has 0 radical (unpaired) electrons. The number of sulfonamides is 1. The van der Waals surface area contributed by atoms with Gasteiger partial charge in [0.25, 0.3) is 0 Å². The zero-order valence-electron chi connectivity index (χ0n) is 17.1. The van der Waals surface area contributed by atoms with E-state index in [1.807, 2.05) is 19.1 Å². The van der Waals surface area contributed by atoms with E-state index in [2.05, 4.69) is 40.1 Å². The molecule has 0 saturated carbocycles. The third kappa shape index (κ3) is 5.81. The SMILES string of the molecule is CCNC(=NCc1ccc(S(=O)(=O)N2CCCC2)cc1)NCC(C)c1cccs1. The number of aliphatic imine (C=N–C) groups is 1. The zero-order chi connectivity index (χ0) is 20.7. The van der Waals surface area contributed by atoms with Crippen LogP contribution in [0.15, 0.2) is 51.7 Å². The average Bonchev–Trinajstić information content (AvgIpc) is 3.44. The minimum atomic E-state index is -3.36. The summed E-state index contributed by atoms with van der Waals surface area (Å²) in [6.45, 7) is 7.56. The highest BCUT2D eigenvalue weighted by molar-refractivity contribution is 7.89. The van der Waals surface area contributed by atoms with Crippen molar-refractivity contribution >= 4 is 27.3 Å². The third-order valence-electron chi connectivity index (χ3n) is 4.99. The smallest absolute Gasteiger partial charge is 0.243 e. The van der Waals surface area contributed by atoms with Crippen molar-refractivity contribution in [3.8, 4) is 0 Å². The van der Waals surface area contributed by atoms with Gasteiger partial charge in [0.1, 0.15) is 0 Å². The molecular formula is C21H30N4O2S2. The largest absolute Gasteiger partial charge is 0.357 e. The van der Waals surface area contributed by atoms with Crippen molar-refractivity contribution in [2.24, 2.45) is 4.99 Å². The summed E-state index contributed by atoms with van der Waals surface area (Å²) < 4.78 is 26.8. The van der Waals surface area contributed by atoms with Crippen molar-refractivity contribution in [3.63, 3.8) is 0 Å². The molecule has 0 aliphatic carbocycles. The van der Waals surface area contributed by atoms with Gasteiger partial charge in [-0.2, -0.15) is 4.31 Å². The lowest BCUT2D eigenvalue weighted by atomic mass is 10.1. The summed E-state index contributed by atoms with van der Waals surface area (Å²) in [6.07, 6.45) is 1.88. The number of nitrogens with one attached hydrogen (secondary N) is 2. The summed E-state index contributed by atoms with van der Waals surface area (Å²) in [7, 11) is -3.36. The second-order valence-corrected chi connectivity index (χ2v) is 10.2. The summed E-state index contributed by atoms with van der Waals surface area (Å²) in [6, 6.07) is 11.3. The fraction of sp³-hybridized carbons (Fsp3) is 0.476. The van der Waals surface area contributed by atoms with Gasteiger partial charge in [-0.05, 0) is 48.9 Å². The Labute approximate surface area is 178 Å². The predicted molar refractivity (Wildman–Crippen MR) is 120 cm³/mol. The van der Waals surface area contributed by atoms with Crippen LogP contribution >= 0.6 is 11.3 Å². The predicted octanol–water partition coefficient (Wildman–Crippen LogP) is 3.39. The first kappa shape index (κ1) is 21.8. The van der Waals surface area contributed by atoms with Crippen molar-refractivity contribution < 1.29 is 8.42 Å². The monoisotopic (exact) mass is 434 g/mol. The molecule has 1 saturated heterocycles. The van der Waals surface area contributed by atoms with Crippen molar-refractivity contribution in [2.45, 2.75) is 44.0 Å². The molecule has 0 spiro atoms. The van der Waals surface area contributed by atoms with E-state index in [1.165, 1.54) is 4.88 Å². The summed E-state index contributed by atoms with van der Waals surface area (Å²) >= 11 is 1.77. The van der Waals surface area contributed by atoms with Crippen molar-refractivity contribution in [2.75, 3.05) is 26.2 Å². The molecule has 158 valence electrons. The van der Waals surface area contributed by atoms with Gasteiger partial charge in [-0.25, -0.2) is 13.4 Å². The molecule has 6 nitrogen and oxygen atoms in total. The number of hydrogen-bond donors (Lipinski definition) is 2. The summed E-state index contributed by atoms with van der Waals surface area (Å²) in [5, 5.41) is 8.76. The maximum Gasteiger partial charge on any atom is 0.243 e. The first-order valence-corrected chi connectivity index (χ1v) is 12.5. The molecule has 2 aromatic rings. The topological polar surface area (TPSA) is 73.8 Å². The number of thiophene rings is 1. The van der Waals surface area contributed by atoms with Crippen LogP contribution < -0.4 is 10.6 Å². The first-order valence-electron chi connectivity index (χ1n) is 10.2. The standard InChI is InChI=1S/C21H30N4O2S2/c1-3-22-21(23-15-17(2)20-7-6-14-28-20)24-16-18-8-10-19(11-9-18)29(26,27)25-12-4-5-13-25/h6-11,14,17H,3-5,12-13,15-16H2,1-2H3,(H2,22,23,24). The van der Waals surface area contributed by atoms with Gasteiger partial charge in [0.15, 0.2) is 5.96 Å². The molecular weight excluding hydrogens is 404 g/mol. The molecule has 1 atom stereocenters. The number of hydrogen-bond acceptors (Lipinski definition) is 4. The van der Waals surface area contributed by atoms with Gasteiger partial charge in [0.05, 0.1) is 11.4 Å². The molecule has 29 heavy (non-hydrogen) atoms. The van der Waals surface area contributed by atoms with E-state index in [-0.39, 0.29) is 0 Å². The molecule has 1 aliphatic heterocycles. The van der Waals surface area contributed by atoms with Gasteiger partial charge in [0, 0.05) is 37.0 Å². The maximum absolute atomic E-state index is 12.6. The van der Waals surface area contributed by atoms with Gasteiger partial charge in [-0.3, -0.25) is 0 Å². The van der Waals surface area contributed by atoms with Crippen LogP contribution in [0.25, 0.3) is 0 Å². The van der Waals surface area contributed by atoms with E-state index in [9.17, 15) is 8.42 Å². The molecule has 1 aliphatic rings. The molecule has 1 unspecified atom stereocenters. The van der Waals surface area contributed by atoms with E-state index in [4.69, 9.17) is 0 Å². The number of nitrogens with zero attached hydrogens (tertiary/aromatic N) is 2. The lowest BCUT2D eigenvalue weighted by Gasteiger charge is -2.16.